The summed E-state index contributed by atoms with van der Waals surface area (Å²) in [5.74, 6) is -1.55. The number of nitrogens with zero attached hydrogens (tertiary/aromatic N) is 4. The topological polar surface area (TPSA) is 86.6 Å². The third-order valence-electron chi connectivity index (χ3n) is 5.09. The van der Waals surface area contributed by atoms with Crippen LogP contribution in [0, 0.1) is 0 Å². The largest absolute Gasteiger partial charge is 0.503 e. The number of aliphatic hydroxyl groups excluding tert-OH is 1. The van der Waals surface area contributed by atoms with E-state index in [-0.39, 0.29) is 11.4 Å². The van der Waals surface area contributed by atoms with Crippen LogP contribution in [0.25, 0.3) is 0 Å². The van der Waals surface area contributed by atoms with E-state index in [0.29, 0.717) is 10.0 Å². The Morgan fingerprint density at radius 2 is 1.90 bits per heavy atom. The number of aromatic nitrogens is 2. The summed E-state index contributed by atoms with van der Waals surface area (Å²) in [5.41, 5.74) is 3.35. The highest BCUT2D eigenvalue weighted by Gasteiger charge is 2.46. The molecule has 1 amide bonds. The quantitative estimate of drug-likeness (QED) is 0.554. The van der Waals surface area contributed by atoms with E-state index in [4.69, 9.17) is 0 Å². The number of benzene rings is 1. The zero-order valence-electron chi connectivity index (χ0n) is 16.5. The van der Waals surface area contributed by atoms with Crippen molar-refractivity contribution in [1.29, 1.82) is 0 Å². The SMILES string of the molecule is CCN(CC)c1ccc(C2C(C(=O)c3cccs3)=C(O)C(=O)N2c2nncs2)cc1. The van der Waals surface area contributed by atoms with Gasteiger partial charge in [0.2, 0.25) is 10.9 Å². The fraction of sp³-hybridized carbons (Fsp3) is 0.238. The molecule has 0 saturated heterocycles. The number of carbonyl (C=O) groups excluding carboxylic acids is 2. The summed E-state index contributed by atoms with van der Waals surface area (Å²) >= 11 is 2.45. The molecule has 0 aliphatic carbocycles. The molecule has 154 valence electrons. The molecule has 2 aromatic heterocycles. The van der Waals surface area contributed by atoms with Crippen LogP contribution in [-0.4, -0.2) is 40.1 Å². The molecule has 4 rings (SSSR count). The van der Waals surface area contributed by atoms with E-state index in [1.165, 1.54) is 33.1 Å². The molecule has 3 aromatic rings. The third-order valence-corrected chi connectivity index (χ3v) is 6.65. The maximum absolute atomic E-state index is 13.2. The van der Waals surface area contributed by atoms with Crippen molar-refractivity contribution in [3.05, 3.63) is 69.1 Å². The van der Waals surface area contributed by atoms with Crippen LogP contribution in [0.2, 0.25) is 0 Å². The molecule has 9 heteroatoms. The maximum Gasteiger partial charge on any atom is 0.296 e. The van der Waals surface area contributed by atoms with Gasteiger partial charge in [0.25, 0.3) is 5.91 Å². The standard InChI is InChI=1S/C21H20N4O3S2/c1-3-24(4-2)14-9-7-13(8-10-14)17-16(18(26)15-6-5-11-29-15)19(27)20(28)25(17)21-23-22-12-30-21/h5-12,17,27H,3-4H2,1-2H3. The lowest BCUT2D eigenvalue weighted by Gasteiger charge is -2.25. The van der Waals surface area contributed by atoms with E-state index in [0.717, 1.165) is 24.3 Å². The smallest absolute Gasteiger partial charge is 0.296 e. The Balaban J connectivity index is 1.81. The fourth-order valence-electron chi connectivity index (χ4n) is 3.62. The van der Waals surface area contributed by atoms with E-state index in [2.05, 4.69) is 28.9 Å². The average molecular weight is 441 g/mol. The molecule has 0 saturated carbocycles. The van der Waals surface area contributed by atoms with Gasteiger partial charge >= 0.3 is 0 Å². The Kier molecular flexibility index (Phi) is 5.65. The minimum absolute atomic E-state index is 0.0632. The number of hydrogen-bond acceptors (Lipinski definition) is 8. The van der Waals surface area contributed by atoms with Gasteiger partial charge in [0, 0.05) is 18.8 Å². The molecule has 3 heterocycles. The number of rotatable bonds is 7. The zero-order valence-corrected chi connectivity index (χ0v) is 18.1. The van der Waals surface area contributed by atoms with E-state index in [1.807, 2.05) is 24.3 Å². The molecule has 1 N–H and O–H groups in total. The van der Waals surface area contributed by atoms with Crippen molar-refractivity contribution in [1.82, 2.24) is 10.2 Å². The number of Topliss-reactive ketones (excluding diaryl/α,β-unsaturated/α-hetero) is 1. The molecular formula is C21H20N4O3S2. The first-order chi connectivity index (χ1) is 14.6. The van der Waals surface area contributed by atoms with Crippen molar-refractivity contribution in [2.45, 2.75) is 19.9 Å². The summed E-state index contributed by atoms with van der Waals surface area (Å²) in [6, 6.07) is 10.4. The van der Waals surface area contributed by atoms with Crippen molar-refractivity contribution in [3.8, 4) is 0 Å². The van der Waals surface area contributed by atoms with E-state index in [9.17, 15) is 14.7 Å². The van der Waals surface area contributed by atoms with Gasteiger partial charge in [0.15, 0.2) is 5.76 Å². The van der Waals surface area contributed by atoms with Gasteiger partial charge in [-0.2, -0.15) is 0 Å². The molecule has 1 aromatic carbocycles. The molecule has 30 heavy (non-hydrogen) atoms. The Hall–Kier alpha value is -3.04. The second kappa shape index (κ2) is 8.37. The van der Waals surface area contributed by atoms with Crippen LogP contribution >= 0.6 is 22.7 Å². The predicted molar refractivity (Wildman–Crippen MR) is 118 cm³/mol. The number of aliphatic hydroxyl groups is 1. The van der Waals surface area contributed by atoms with E-state index >= 15 is 0 Å². The first-order valence-corrected chi connectivity index (χ1v) is 11.3. The van der Waals surface area contributed by atoms with Crippen LogP contribution < -0.4 is 9.80 Å². The first kappa shape index (κ1) is 20.2. The average Bonchev–Trinajstić information content (AvgIpc) is 3.51. The lowest BCUT2D eigenvalue weighted by molar-refractivity contribution is -0.117. The molecule has 0 fully saturated rings. The van der Waals surface area contributed by atoms with Crippen molar-refractivity contribution < 1.29 is 14.7 Å². The summed E-state index contributed by atoms with van der Waals surface area (Å²) in [5, 5.41) is 20.6. The van der Waals surface area contributed by atoms with Gasteiger partial charge in [-0.25, -0.2) is 0 Å². The molecule has 0 spiro atoms. The molecule has 1 aliphatic rings. The van der Waals surface area contributed by atoms with Crippen LogP contribution in [0.15, 0.2) is 58.6 Å². The number of anilines is 2. The highest BCUT2D eigenvalue weighted by atomic mass is 32.1. The molecule has 1 unspecified atom stereocenters. The number of thiophene rings is 1. The highest BCUT2D eigenvalue weighted by molar-refractivity contribution is 7.13. The van der Waals surface area contributed by atoms with E-state index < -0.39 is 17.7 Å². The van der Waals surface area contributed by atoms with Crippen molar-refractivity contribution in [2.75, 3.05) is 22.9 Å². The van der Waals surface area contributed by atoms with Crippen molar-refractivity contribution in [3.63, 3.8) is 0 Å². The van der Waals surface area contributed by atoms with Crippen LogP contribution in [0.3, 0.4) is 0 Å². The van der Waals surface area contributed by atoms with Crippen LogP contribution in [0.1, 0.15) is 35.1 Å². The molecule has 1 atom stereocenters. The van der Waals surface area contributed by atoms with E-state index in [1.54, 1.807) is 17.5 Å². The minimum Gasteiger partial charge on any atom is -0.503 e. The van der Waals surface area contributed by atoms with Gasteiger partial charge < -0.3 is 10.0 Å². The molecular weight excluding hydrogens is 420 g/mol. The number of ketones is 1. The van der Waals surface area contributed by atoms with Crippen molar-refractivity contribution >= 4 is 45.2 Å². The minimum atomic E-state index is -0.772. The first-order valence-electron chi connectivity index (χ1n) is 9.52. The van der Waals surface area contributed by atoms with Gasteiger partial charge in [-0.3, -0.25) is 14.5 Å². The van der Waals surface area contributed by atoms with Gasteiger partial charge in [-0.1, -0.05) is 29.5 Å². The van der Waals surface area contributed by atoms with Crippen LogP contribution in [-0.2, 0) is 4.79 Å². The van der Waals surface area contributed by atoms with Crippen molar-refractivity contribution in [2.24, 2.45) is 0 Å². The molecule has 0 bridgehead atoms. The summed E-state index contributed by atoms with van der Waals surface area (Å²) in [6.45, 7) is 5.92. The Morgan fingerprint density at radius 3 is 2.47 bits per heavy atom. The van der Waals surface area contributed by atoms with Gasteiger partial charge in [-0.05, 0) is 43.0 Å². The number of amides is 1. The second-order valence-corrected chi connectivity index (χ2v) is 8.39. The summed E-state index contributed by atoms with van der Waals surface area (Å²) in [7, 11) is 0. The Morgan fingerprint density at radius 1 is 1.17 bits per heavy atom. The lowest BCUT2D eigenvalue weighted by Crippen LogP contribution is -2.31. The molecule has 0 radical (unpaired) electrons. The summed E-state index contributed by atoms with van der Waals surface area (Å²) < 4.78 is 0. The Labute approximate surface area is 181 Å². The van der Waals surface area contributed by atoms with Gasteiger partial charge in [0.05, 0.1) is 16.5 Å². The third kappa shape index (κ3) is 3.40. The fourth-order valence-corrected chi connectivity index (χ4v) is 4.88. The monoisotopic (exact) mass is 440 g/mol. The maximum atomic E-state index is 13.2. The van der Waals surface area contributed by atoms with Gasteiger partial charge in [0.1, 0.15) is 5.51 Å². The molecule has 1 aliphatic heterocycles. The summed E-state index contributed by atoms with van der Waals surface area (Å²) in [6.07, 6.45) is 0. The lowest BCUT2D eigenvalue weighted by atomic mass is 9.95. The second-order valence-electron chi connectivity index (χ2n) is 6.63. The van der Waals surface area contributed by atoms with Crippen LogP contribution in [0.5, 0.6) is 0 Å². The predicted octanol–water partition coefficient (Wildman–Crippen LogP) is 4.23. The Bertz CT molecular complexity index is 1070. The number of hydrogen-bond donors (Lipinski definition) is 1. The number of carbonyl (C=O) groups is 2. The van der Waals surface area contributed by atoms with Crippen LogP contribution in [0.4, 0.5) is 10.8 Å². The zero-order chi connectivity index (χ0) is 21.3. The van der Waals surface area contributed by atoms with Gasteiger partial charge in [-0.15, -0.1) is 21.5 Å². The molecule has 7 nitrogen and oxygen atoms in total. The summed E-state index contributed by atoms with van der Waals surface area (Å²) in [4.78, 5) is 30.2. The normalized spacial score (nSPS) is 16.4. The highest BCUT2D eigenvalue weighted by Crippen LogP contribution is 2.42.